The molecule has 3 N–H and O–H groups in total. The van der Waals surface area contributed by atoms with Gasteiger partial charge < -0.3 is 20.2 Å². The number of rotatable bonds is 6. The first-order valence-corrected chi connectivity index (χ1v) is 6.72. The Kier molecular flexibility index (Phi) is 7.52. The molecule has 0 aliphatic rings. The minimum Gasteiger partial charge on any atom is -0.461 e. The Labute approximate surface area is 142 Å². The number of fused-ring (bicyclic) bond motifs is 1. The van der Waals surface area contributed by atoms with Crippen LogP contribution in [0.15, 0.2) is 39.7 Å². The number of nitrogens with two attached hydrogens (primary N) is 1. The molecule has 1 unspecified atom stereocenters. The van der Waals surface area contributed by atoms with Crippen molar-refractivity contribution >= 4 is 40.9 Å². The summed E-state index contributed by atoms with van der Waals surface area (Å²) in [5.74, 6) is 1.36. The van der Waals surface area contributed by atoms with E-state index in [4.69, 9.17) is 14.9 Å². The second kappa shape index (κ2) is 8.89. The van der Waals surface area contributed by atoms with E-state index < -0.39 is 0 Å². The van der Waals surface area contributed by atoms with Crippen molar-refractivity contribution in [2.45, 2.75) is 19.4 Å². The van der Waals surface area contributed by atoms with Crippen LogP contribution >= 0.6 is 24.0 Å². The van der Waals surface area contributed by atoms with Gasteiger partial charge in [-0.05, 0) is 19.1 Å². The van der Waals surface area contributed by atoms with Gasteiger partial charge in [-0.3, -0.25) is 4.99 Å². The van der Waals surface area contributed by atoms with E-state index in [1.54, 1.807) is 7.11 Å². The summed E-state index contributed by atoms with van der Waals surface area (Å²) >= 11 is 0. The summed E-state index contributed by atoms with van der Waals surface area (Å²) in [6, 6.07) is 10.2. The molecular formula is C15H22IN3O2. The molecule has 0 radical (unpaired) electrons. The number of halogens is 1. The number of ether oxygens (including phenoxy) is 1. The van der Waals surface area contributed by atoms with Gasteiger partial charge in [-0.15, -0.1) is 24.0 Å². The van der Waals surface area contributed by atoms with Crippen LogP contribution in [0.1, 0.15) is 12.7 Å². The van der Waals surface area contributed by atoms with E-state index in [0.717, 1.165) is 23.2 Å². The normalized spacial score (nSPS) is 13.0. The van der Waals surface area contributed by atoms with Gasteiger partial charge in [0.05, 0.1) is 6.61 Å². The fourth-order valence-corrected chi connectivity index (χ4v) is 2.04. The van der Waals surface area contributed by atoms with Crippen molar-refractivity contribution in [3.8, 4) is 0 Å². The second-order valence-corrected chi connectivity index (χ2v) is 4.77. The highest BCUT2D eigenvalue weighted by Crippen LogP contribution is 2.18. The maximum atomic E-state index is 5.80. The molecule has 1 atom stereocenters. The van der Waals surface area contributed by atoms with Crippen LogP contribution in [0.2, 0.25) is 0 Å². The van der Waals surface area contributed by atoms with Gasteiger partial charge in [0.15, 0.2) is 5.96 Å². The van der Waals surface area contributed by atoms with Gasteiger partial charge in [-0.25, -0.2) is 0 Å². The average Bonchev–Trinajstić information content (AvgIpc) is 2.81. The third-order valence-corrected chi connectivity index (χ3v) is 2.93. The molecule has 2 rings (SSSR count). The molecule has 0 amide bonds. The van der Waals surface area contributed by atoms with Crippen molar-refractivity contribution in [3.05, 3.63) is 36.1 Å². The van der Waals surface area contributed by atoms with Gasteiger partial charge in [0.1, 0.15) is 11.3 Å². The molecule has 1 aromatic carbocycles. The lowest BCUT2D eigenvalue weighted by molar-refractivity contribution is 0.179. The zero-order valence-corrected chi connectivity index (χ0v) is 14.7. The Hall–Kier alpha value is -1.28. The molecule has 0 saturated carbocycles. The van der Waals surface area contributed by atoms with Crippen LogP contribution in [0.4, 0.5) is 0 Å². The Morgan fingerprint density at radius 1 is 1.43 bits per heavy atom. The van der Waals surface area contributed by atoms with Crippen molar-refractivity contribution in [1.29, 1.82) is 0 Å². The standard InChI is InChI=1S/C15H21N3O2.HI/c1-11(10-19-2)18-15(16)17-8-7-13-9-12-5-3-4-6-14(12)20-13;/h3-6,9,11H,7-8,10H2,1-2H3,(H3,16,17,18);1H. The highest BCUT2D eigenvalue weighted by atomic mass is 127. The summed E-state index contributed by atoms with van der Waals surface area (Å²) in [5, 5.41) is 4.18. The smallest absolute Gasteiger partial charge is 0.188 e. The molecule has 0 saturated heterocycles. The van der Waals surface area contributed by atoms with Crippen molar-refractivity contribution in [2.24, 2.45) is 10.7 Å². The topological polar surface area (TPSA) is 72.8 Å². The van der Waals surface area contributed by atoms with Crippen LogP contribution in [0.5, 0.6) is 0 Å². The van der Waals surface area contributed by atoms with Gasteiger partial charge in [-0.2, -0.15) is 0 Å². The van der Waals surface area contributed by atoms with Crippen LogP contribution in [0.3, 0.4) is 0 Å². The molecule has 1 heterocycles. The summed E-state index contributed by atoms with van der Waals surface area (Å²) < 4.78 is 10.7. The predicted molar refractivity (Wildman–Crippen MR) is 96.3 cm³/mol. The lowest BCUT2D eigenvalue weighted by atomic mass is 10.2. The number of benzene rings is 1. The number of guanidine groups is 1. The summed E-state index contributed by atoms with van der Waals surface area (Å²) in [4.78, 5) is 4.28. The van der Waals surface area contributed by atoms with Crippen molar-refractivity contribution in [1.82, 2.24) is 5.32 Å². The summed E-state index contributed by atoms with van der Waals surface area (Å²) in [7, 11) is 1.66. The first-order chi connectivity index (χ1) is 9.69. The number of nitrogens with zero attached hydrogens (tertiary/aromatic N) is 1. The van der Waals surface area contributed by atoms with Gasteiger partial charge in [0.2, 0.25) is 0 Å². The third kappa shape index (κ3) is 5.55. The number of hydrogen-bond acceptors (Lipinski definition) is 3. The molecule has 6 heteroatoms. The molecule has 5 nitrogen and oxygen atoms in total. The Morgan fingerprint density at radius 3 is 2.90 bits per heavy atom. The molecule has 2 aromatic rings. The quantitative estimate of drug-likeness (QED) is 0.442. The first kappa shape index (κ1) is 17.8. The number of aliphatic imine (C=N–C) groups is 1. The van der Waals surface area contributed by atoms with Crippen LogP contribution in [0, 0.1) is 0 Å². The van der Waals surface area contributed by atoms with Crippen molar-refractivity contribution in [3.63, 3.8) is 0 Å². The Bertz CT molecular complexity index is 550. The highest BCUT2D eigenvalue weighted by molar-refractivity contribution is 14.0. The Balaban J connectivity index is 0.00000220. The van der Waals surface area contributed by atoms with Crippen molar-refractivity contribution < 1.29 is 9.15 Å². The number of para-hydroxylation sites is 1. The molecule has 0 fully saturated rings. The highest BCUT2D eigenvalue weighted by Gasteiger charge is 2.03. The number of nitrogens with one attached hydrogen (secondary N) is 1. The fraction of sp³-hybridized carbons (Fsp3) is 0.400. The lowest BCUT2D eigenvalue weighted by Gasteiger charge is -2.12. The van der Waals surface area contributed by atoms with Crippen LogP contribution < -0.4 is 11.1 Å². The van der Waals surface area contributed by atoms with E-state index in [1.165, 1.54) is 0 Å². The van der Waals surface area contributed by atoms with E-state index in [1.807, 2.05) is 37.3 Å². The van der Waals surface area contributed by atoms with E-state index in [2.05, 4.69) is 10.3 Å². The largest absolute Gasteiger partial charge is 0.461 e. The van der Waals surface area contributed by atoms with Crippen LogP contribution in [-0.4, -0.2) is 32.3 Å². The average molecular weight is 403 g/mol. The van der Waals surface area contributed by atoms with E-state index in [0.29, 0.717) is 19.1 Å². The number of hydrogen-bond donors (Lipinski definition) is 2. The first-order valence-electron chi connectivity index (χ1n) is 6.72. The zero-order chi connectivity index (χ0) is 14.4. The van der Waals surface area contributed by atoms with Crippen molar-refractivity contribution in [2.75, 3.05) is 20.3 Å². The van der Waals surface area contributed by atoms with Gasteiger partial charge in [0, 0.05) is 31.5 Å². The van der Waals surface area contributed by atoms with E-state index >= 15 is 0 Å². The molecule has 116 valence electrons. The maximum absolute atomic E-state index is 5.80. The maximum Gasteiger partial charge on any atom is 0.188 e. The SMILES string of the molecule is COCC(C)NC(N)=NCCc1cc2ccccc2o1.I. The van der Waals surface area contributed by atoms with Gasteiger partial charge in [-0.1, -0.05) is 18.2 Å². The fourth-order valence-electron chi connectivity index (χ4n) is 2.04. The lowest BCUT2D eigenvalue weighted by Crippen LogP contribution is -2.40. The van der Waals surface area contributed by atoms with Crippen LogP contribution in [0.25, 0.3) is 11.0 Å². The van der Waals surface area contributed by atoms with Gasteiger partial charge in [0.25, 0.3) is 0 Å². The third-order valence-electron chi connectivity index (χ3n) is 2.93. The molecule has 1 aromatic heterocycles. The minimum atomic E-state index is 0. The number of furan rings is 1. The molecule has 21 heavy (non-hydrogen) atoms. The Morgan fingerprint density at radius 2 is 2.19 bits per heavy atom. The summed E-state index contributed by atoms with van der Waals surface area (Å²) in [5.41, 5.74) is 6.71. The second-order valence-electron chi connectivity index (χ2n) is 4.77. The summed E-state index contributed by atoms with van der Waals surface area (Å²) in [6.07, 6.45) is 0.732. The van der Waals surface area contributed by atoms with E-state index in [-0.39, 0.29) is 30.0 Å². The molecule has 0 aliphatic carbocycles. The molecule has 0 spiro atoms. The monoisotopic (exact) mass is 403 g/mol. The van der Waals surface area contributed by atoms with E-state index in [9.17, 15) is 0 Å². The molecule has 0 aliphatic heterocycles. The van der Waals surface area contributed by atoms with Crippen LogP contribution in [-0.2, 0) is 11.2 Å². The predicted octanol–water partition coefficient (Wildman–Crippen LogP) is 2.53. The molecule has 0 bridgehead atoms. The molecular weight excluding hydrogens is 381 g/mol. The summed E-state index contributed by atoms with van der Waals surface area (Å²) in [6.45, 7) is 3.18. The zero-order valence-electron chi connectivity index (χ0n) is 12.3. The minimum absolute atomic E-state index is 0. The van der Waals surface area contributed by atoms with Gasteiger partial charge >= 0.3 is 0 Å². The number of methoxy groups -OCH3 is 1.